The second-order valence-corrected chi connectivity index (χ2v) is 6.11. The maximum Gasteiger partial charge on any atom is 0.410 e. The molecule has 5 heteroatoms. The summed E-state index contributed by atoms with van der Waals surface area (Å²) >= 11 is 0. The van der Waals surface area contributed by atoms with Gasteiger partial charge in [-0.25, -0.2) is 4.79 Å². The molecule has 3 heterocycles. The first kappa shape index (κ1) is 14.1. The molecule has 1 aromatic carbocycles. The van der Waals surface area contributed by atoms with Crippen molar-refractivity contribution in [2.45, 2.75) is 38.0 Å². The molecule has 1 aromatic heterocycles. The van der Waals surface area contributed by atoms with Crippen LogP contribution in [0.25, 0.3) is 5.57 Å². The van der Waals surface area contributed by atoms with Gasteiger partial charge < -0.3 is 4.74 Å². The summed E-state index contributed by atoms with van der Waals surface area (Å²) in [6, 6.07) is 12.1. The molecule has 2 bridgehead atoms. The molecule has 0 saturated carbocycles. The summed E-state index contributed by atoms with van der Waals surface area (Å²) in [4.78, 5) is 14.4. The summed E-state index contributed by atoms with van der Waals surface area (Å²) in [5.74, 6) is 0. The first-order chi connectivity index (χ1) is 11.3. The third-order valence-electron chi connectivity index (χ3n) is 4.66. The molecule has 4 rings (SSSR count). The van der Waals surface area contributed by atoms with E-state index < -0.39 is 0 Å². The minimum Gasteiger partial charge on any atom is -0.445 e. The van der Waals surface area contributed by atoms with Crippen LogP contribution in [0.1, 0.15) is 30.5 Å². The van der Waals surface area contributed by atoms with Gasteiger partial charge in [-0.05, 0) is 36.5 Å². The Kier molecular flexibility index (Phi) is 3.61. The number of carbonyl (C=O) groups excluding carboxylic acids is 1. The smallest absolute Gasteiger partial charge is 0.410 e. The number of rotatable bonds is 3. The van der Waals surface area contributed by atoms with Gasteiger partial charge in [-0.3, -0.25) is 10.00 Å². The molecule has 2 atom stereocenters. The number of amides is 1. The highest BCUT2D eigenvalue weighted by Crippen LogP contribution is 2.38. The lowest BCUT2D eigenvalue weighted by atomic mass is 9.99. The van der Waals surface area contributed by atoms with Crippen LogP contribution < -0.4 is 0 Å². The zero-order chi connectivity index (χ0) is 15.6. The Morgan fingerprint density at radius 2 is 2.13 bits per heavy atom. The van der Waals surface area contributed by atoms with E-state index in [9.17, 15) is 4.79 Å². The van der Waals surface area contributed by atoms with Crippen molar-refractivity contribution < 1.29 is 9.53 Å². The summed E-state index contributed by atoms with van der Waals surface area (Å²) < 4.78 is 5.51. The fourth-order valence-corrected chi connectivity index (χ4v) is 3.54. The molecule has 1 N–H and O–H groups in total. The van der Waals surface area contributed by atoms with Crippen LogP contribution in [0.4, 0.5) is 4.79 Å². The molecule has 0 spiro atoms. The van der Waals surface area contributed by atoms with Crippen LogP contribution in [0.2, 0.25) is 0 Å². The van der Waals surface area contributed by atoms with Crippen molar-refractivity contribution in [1.82, 2.24) is 15.1 Å². The second kappa shape index (κ2) is 5.91. The third kappa shape index (κ3) is 2.74. The van der Waals surface area contributed by atoms with Gasteiger partial charge in [0.2, 0.25) is 0 Å². The minimum atomic E-state index is -0.207. The first-order valence-electron chi connectivity index (χ1n) is 8.01. The molecule has 0 radical (unpaired) electrons. The van der Waals surface area contributed by atoms with E-state index in [1.165, 1.54) is 5.57 Å². The number of H-pyrrole nitrogens is 1. The number of nitrogens with one attached hydrogen (secondary N) is 1. The lowest BCUT2D eigenvalue weighted by Crippen LogP contribution is -2.43. The number of aromatic amines is 1. The van der Waals surface area contributed by atoms with Gasteiger partial charge in [-0.15, -0.1) is 0 Å². The number of benzene rings is 1. The number of carbonyl (C=O) groups is 1. The quantitative estimate of drug-likeness (QED) is 0.945. The van der Waals surface area contributed by atoms with Crippen LogP contribution >= 0.6 is 0 Å². The summed E-state index contributed by atoms with van der Waals surface area (Å²) in [7, 11) is 0. The Morgan fingerprint density at radius 3 is 2.87 bits per heavy atom. The van der Waals surface area contributed by atoms with Gasteiger partial charge in [0.05, 0.1) is 11.7 Å². The predicted molar refractivity (Wildman–Crippen MR) is 86.5 cm³/mol. The van der Waals surface area contributed by atoms with Crippen LogP contribution in [0.5, 0.6) is 0 Å². The predicted octanol–water partition coefficient (Wildman–Crippen LogP) is 3.37. The molecule has 1 fully saturated rings. The Hall–Kier alpha value is -2.56. The van der Waals surface area contributed by atoms with Crippen molar-refractivity contribution in [1.29, 1.82) is 0 Å². The molecule has 23 heavy (non-hydrogen) atoms. The topological polar surface area (TPSA) is 58.2 Å². The van der Waals surface area contributed by atoms with Gasteiger partial charge in [-0.1, -0.05) is 36.4 Å². The van der Waals surface area contributed by atoms with E-state index in [1.54, 1.807) is 6.20 Å². The van der Waals surface area contributed by atoms with Crippen molar-refractivity contribution >= 4 is 11.7 Å². The highest BCUT2D eigenvalue weighted by molar-refractivity contribution is 5.74. The van der Waals surface area contributed by atoms with Crippen molar-refractivity contribution in [2.75, 3.05) is 0 Å². The fourth-order valence-electron chi connectivity index (χ4n) is 3.54. The van der Waals surface area contributed by atoms with E-state index >= 15 is 0 Å². The molecular formula is C18H19N3O2. The number of fused-ring (bicyclic) bond motifs is 2. The lowest BCUT2D eigenvalue weighted by Gasteiger charge is -2.32. The van der Waals surface area contributed by atoms with Crippen LogP contribution in [-0.4, -0.2) is 33.3 Å². The van der Waals surface area contributed by atoms with Crippen molar-refractivity contribution in [3.05, 3.63) is 59.9 Å². The fraction of sp³-hybridized carbons (Fsp3) is 0.333. The zero-order valence-corrected chi connectivity index (χ0v) is 12.8. The third-order valence-corrected chi connectivity index (χ3v) is 4.66. The average Bonchev–Trinajstić information content (AvgIpc) is 3.20. The van der Waals surface area contributed by atoms with Gasteiger partial charge in [0.25, 0.3) is 0 Å². The van der Waals surface area contributed by atoms with Gasteiger partial charge in [0, 0.05) is 12.2 Å². The van der Waals surface area contributed by atoms with Crippen LogP contribution in [-0.2, 0) is 11.3 Å². The molecule has 2 unspecified atom stereocenters. The lowest BCUT2D eigenvalue weighted by molar-refractivity contribution is 0.0832. The molecule has 1 saturated heterocycles. The molecule has 2 aliphatic heterocycles. The summed E-state index contributed by atoms with van der Waals surface area (Å²) in [6.45, 7) is 0.326. The van der Waals surface area contributed by atoms with E-state index in [4.69, 9.17) is 4.74 Å². The van der Waals surface area contributed by atoms with E-state index in [0.717, 1.165) is 30.5 Å². The zero-order valence-electron chi connectivity index (χ0n) is 12.8. The molecule has 118 valence electrons. The van der Waals surface area contributed by atoms with Crippen molar-refractivity contribution in [2.24, 2.45) is 0 Å². The van der Waals surface area contributed by atoms with Crippen LogP contribution in [0.15, 0.2) is 48.7 Å². The van der Waals surface area contributed by atoms with Crippen molar-refractivity contribution in [3.8, 4) is 0 Å². The standard InChI is InChI=1S/C18H19N3O2/c22-18(23-12-13-4-2-1-3-5-13)21-15-6-7-16(21)11-14(10-15)17-8-9-19-20-17/h1-5,8-10,15-16H,6-7,11-12H2,(H,19,20). The van der Waals surface area contributed by atoms with Gasteiger partial charge >= 0.3 is 6.09 Å². The first-order valence-corrected chi connectivity index (χ1v) is 8.01. The summed E-state index contributed by atoms with van der Waals surface area (Å²) in [5, 5.41) is 7.03. The Balaban J connectivity index is 1.45. The molecular weight excluding hydrogens is 290 g/mol. The molecule has 2 aromatic rings. The SMILES string of the molecule is O=C(OCc1ccccc1)N1C2C=C(c3ccn[nH]3)CC1CC2. The average molecular weight is 309 g/mol. The summed E-state index contributed by atoms with van der Waals surface area (Å²) in [5.41, 5.74) is 3.32. The largest absolute Gasteiger partial charge is 0.445 e. The number of hydrogen-bond acceptors (Lipinski definition) is 3. The van der Waals surface area contributed by atoms with Crippen LogP contribution in [0, 0.1) is 0 Å². The van der Waals surface area contributed by atoms with Gasteiger partial charge in [-0.2, -0.15) is 5.10 Å². The molecule has 5 nitrogen and oxygen atoms in total. The monoisotopic (exact) mass is 309 g/mol. The minimum absolute atomic E-state index is 0.135. The highest BCUT2D eigenvalue weighted by Gasteiger charge is 2.40. The van der Waals surface area contributed by atoms with E-state index in [1.807, 2.05) is 41.3 Å². The molecule has 0 aliphatic carbocycles. The molecule has 2 aliphatic rings. The van der Waals surface area contributed by atoms with E-state index in [0.29, 0.717) is 6.61 Å². The second-order valence-electron chi connectivity index (χ2n) is 6.11. The van der Waals surface area contributed by atoms with Gasteiger partial charge in [0.1, 0.15) is 6.61 Å². The maximum absolute atomic E-state index is 12.5. The number of nitrogens with zero attached hydrogens (tertiary/aromatic N) is 2. The Morgan fingerprint density at radius 1 is 1.26 bits per heavy atom. The number of ether oxygens (including phenoxy) is 1. The van der Waals surface area contributed by atoms with Gasteiger partial charge in [0.15, 0.2) is 0 Å². The normalized spacial score (nSPS) is 22.8. The maximum atomic E-state index is 12.5. The van der Waals surface area contributed by atoms with E-state index in [2.05, 4.69) is 16.3 Å². The van der Waals surface area contributed by atoms with Crippen molar-refractivity contribution in [3.63, 3.8) is 0 Å². The summed E-state index contributed by atoms with van der Waals surface area (Å²) in [6.07, 6.45) is 6.63. The van der Waals surface area contributed by atoms with Crippen LogP contribution in [0.3, 0.4) is 0 Å². The Labute approximate surface area is 135 Å². The molecule has 1 amide bonds. The number of aromatic nitrogens is 2. The highest BCUT2D eigenvalue weighted by atomic mass is 16.6. The van der Waals surface area contributed by atoms with E-state index in [-0.39, 0.29) is 18.2 Å². The number of hydrogen-bond donors (Lipinski definition) is 1. The Bertz CT molecular complexity index is 709.